The van der Waals surface area contributed by atoms with E-state index in [1.54, 1.807) is 4.90 Å². The van der Waals surface area contributed by atoms with E-state index in [1.807, 2.05) is 0 Å². The molecule has 5 fully saturated rings. The molecule has 0 radical (unpaired) electrons. The van der Waals surface area contributed by atoms with Gasteiger partial charge < -0.3 is 26.6 Å². The minimum absolute atomic E-state index is 0.0635. The summed E-state index contributed by atoms with van der Waals surface area (Å²) in [6.45, 7) is 4.54. The third-order valence-electron chi connectivity index (χ3n) is 10.1. The Morgan fingerprint density at radius 3 is 2.30 bits per heavy atom. The van der Waals surface area contributed by atoms with Gasteiger partial charge in [0.25, 0.3) is 11.1 Å². The van der Waals surface area contributed by atoms with E-state index < -0.39 is 41.8 Å². The lowest BCUT2D eigenvalue weighted by Crippen LogP contribution is -2.61. The Labute approximate surface area is 238 Å². The van der Waals surface area contributed by atoms with Crippen molar-refractivity contribution in [2.45, 2.75) is 95.8 Å². The number of piperidine rings is 1. The monoisotopic (exact) mass is 575 g/mol. The lowest BCUT2D eigenvalue weighted by molar-refractivity contribution is -0.146. The molecule has 12 heteroatoms. The minimum Gasteiger partial charge on any atom is -0.363 e. The summed E-state index contributed by atoms with van der Waals surface area (Å²) >= 11 is 1.04. The maximum absolute atomic E-state index is 14.2. The number of Topliss-reactive ketones (excluding diaryl/α,β-unsaturated/α-hetero) is 1. The molecule has 0 aromatic heterocycles. The van der Waals surface area contributed by atoms with Gasteiger partial charge in [0, 0.05) is 12.3 Å². The summed E-state index contributed by atoms with van der Waals surface area (Å²) in [5.41, 5.74) is 5.16. The van der Waals surface area contributed by atoms with Gasteiger partial charge in [-0.2, -0.15) is 0 Å². The van der Waals surface area contributed by atoms with Gasteiger partial charge in [-0.25, -0.2) is 0 Å². The predicted molar refractivity (Wildman–Crippen MR) is 148 cm³/mol. The zero-order chi connectivity index (χ0) is 28.8. The zero-order valence-corrected chi connectivity index (χ0v) is 24.1. The first kappa shape index (κ1) is 28.9. The fourth-order valence-electron chi connectivity index (χ4n) is 7.34. The molecule has 40 heavy (non-hydrogen) atoms. The first-order chi connectivity index (χ1) is 19.0. The van der Waals surface area contributed by atoms with Gasteiger partial charge >= 0.3 is 0 Å². The number of ketones is 1. The number of hydrogen-bond donors (Lipinski definition) is 4. The number of likely N-dealkylation sites (tertiary alicyclic amines) is 1. The Morgan fingerprint density at radius 1 is 1.02 bits per heavy atom. The van der Waals surface area contributed by atoms with Crippen molar-refractivity contribution in [3.05, 3.63) is 0 Å². The largest absolute Gasteiger partial charge is 0.363 e. The Morgan fingerprint density at radius 2 is 1.73 bits per heavy atom. The van der Waals surface area contributed by atoms with E-state index in [1.165, 1.54) is 0 Å². The first-order valence-corrected chi connectivity index (χ1v) is 15.7. The normalized spacial score (nSPS) is 30.9. The molecule has 6 atom stereocenters. The molecule has 2 aliphatic heterocycles. The van der Waals surface area contributed by atoms with Crippen molar-refractivity contribution < 1.29 is 28.8 Å². The highest BCUT2D eigenvalue weighted by Crippen LogP contribution is 2.65. The van der Waals surface area contributed by atoms with E-state index in [9.17, 15) is 28.8 Å². The summed E-state index contributed by atoms with van der Waals surface area (Å²) < 4.78 is 0. The minimum atomic E-state index is -1.08. The fourth-order valence-corrected chi connectivity index (χ4v) is 8.12. The molecule has 3 aliphatic carbocycles. The first-order valence-electron chi connectivity index (χ1n) is 14.7. The number of hydrogen-bond acceptors (Lipinski definition) is 7. The highest BCUT2D eigenvalue weighted by Gasteiger charge is 2.69. The summed E-state index contributed by atoms with van der Waals surface area (Å²) in [6.07, 6.45) is 7.86. The summed E-state index contributed by atoms with van der Waals surface area (Å²) in [4.78, 5) is 78.8. The average Bonchev–Trinajstić information content (AvgIpc) is 3.28. The lowest BCUT2D eigenvalue weighted by atomic mass is 9.80. The van der Waals surface area contributed by atoms with Crippen LogP contribution in [0.25, 0.3) is 0 Å². The zero-order valence-electron chi connectivity index (χ0n) is 23.3. The van der Waals surface area contributed by atoms with E-state index >= 15 is 0 Å². The molecule has 5 N–H and O–H groups in total. The van der Waals surface area contributed by atoms with Crippen LogP contribution in [0.1, 0.15) is 71.6 Å². The molecule has 0 aromatic rings. The summed E-state index contributed by atoms with van der Waals surface area (Å²) in [5, 5.41) is 8.13. The number of carbonyl (C=O) groups is 6. The fraction of sp³-hybridized carbons (Fsp3) is 0.786. The highest BCUT2D eigenvalue weighted by molar-refractivity contribution is 8.14. The predicted octanol–water partition coefficient (Wildman–Crippen LogP) is 1.09. The van der Waals surface area contributed by atoms with Crippen molar-refractivity contribution in [2.24, 2.45) is 34.8 Å². The number of nitrogens with zero attached hydrogens (tertiary/aromatic N) is 1. The van der Waals surface area contributed by atoms with Crippen LogP contribution in [-0.4, -0.2) is 76.0 Å². The van der Waals surface area contributed by atoms with Crippen LogP contribution >= 0.6 is 11.8 Å². The van der Waals surface area contributed by atoms with Gasteiger partial charge in [0.15, 0.2) is 0 Å². The quantitative estimate of drug-likeness (QED) is 0.283. The number of amides is 5. The topological polar surface area (TPSA) is 168 Å². The molecule has 0 bridgehead atoms. The third kappa shape index (κ3) is 5.60. The van der Waals surface area contributed by atoms with Gasteiger partial charge in [-0.05, 0) is 48.3 Å². The van der Waals surface area contributed by atoms with Gasteiger partial charge in [0.2, 0.25) is 23.5 Å². The molecule has 2 saturated heterocycles. The van der Waals surface area contributed by atoms with E-state index in [-0.39, 0.29) is 46.1 Å². The van der Waals surface area contributed by atoms with E-state index in [2.05, 4.69) is 29.8 Å². The molecule has 5 aliphatic rings. The van der Waals surface area contributed by atoms with Gasteiger partial charge in [0.1, 0.15) is 18.1 Å². The number of primary amides is 1. The van der Waals surface area contributed by atoms with Gasteiger partial charge in [-0.3, -0.25) is 28.8 Å². The Hall–Kier alpha value is -2.63. The van der Waals surface area contributed by atoms with Crippen molar-refractivity contribution in [3.63, 3.8) is 0 Å². The summed E-state index contributed by atoms with van der Waals surface area (Å²) in [7, 11) is 0. The molecule has 0 aromatic carbocycles. The Kier molecular flexibility index (Phi) is 8.18. The SMILES string of the molecule is CC1(C)[C@@H]2[C@@H](C(=O)NC(CC3CCC3)C(=O)C(N)=O)N(C(=O)[C@@H](NC(=O)[C@@H]3CSC(=O)N3)C3CCCCC3)C[C@@H]21. The van der Waals surface area contributed by atoms with E-state index in [4.69, 9.17) is 5.73 Å². The van der Waals surface area contributed by atoms with Crippen molar-refractivity contribution in [3.8, 4) is 0 Å². The molecule has 11 nitrogen and oxygen atoms in total. The van der Waals surface area contributed by atoms with E-state index in [0.717, 1.165) is 63.1 Å². The van der Waals surface area contributed by atoms with Crippen molar-refractivity contribution in [1.29, 1.82) is 0 Å². The van der Waals surface area contributed by atoms with Crippen molar-refractivity contribution in [2.75, 3.05) is 12.3 Å². The lowest BCUT2D eigenvalue weighted by Gasteiger charge is -2.37. The molecular weight excluding hydrogens is 534 g/mol. The van der Waals surface area contributed by atoms with Crippen LogP contribution in [0.3, 0.4) is 0 Å². The summed E-state index contributed by atoms with van der Waals surface area (Å²) in [5.74, 6) is -2.49. The average molecular weight is 576 g/mol. The highest BCUT2D eigenvalue weighted by atomic mass is 32.2. The second-order valence-corrected chi connectivity index (χ2v) is 13.9. The molecule has 220 valence electrons. The Bertz CT molecular complexity index is 1090. The molecule has 2 heterocycles. The number of thioether (sulfide) groups is 1. The molecule has 5 amide bonds. The van der Waals surface area contributed by atoms with Crippen molar-refractivity contribution in [1.82, 2.24) is 20.9 Å². The molecule has 5 rings (SSSR count). The van der Waals surface area contributed by atoms with E-state index in [0.29, 0.717) is 18.7 Å². The smallest absolute Gasteiger partial charge is 0.287 e. The van der Waals surface area contributed by atoms with Crippen LogP contribution in [0.15, 0.2) is 0 Å². The number of rotatable bonds is 10. The van der Waals surface area contributed by atoms with Gasteiger partial charge in [-0.1, -0.05) is 64.1 Å². The van der Waals surface area contributed by atoms with Crippen molar-refractivity contribution >= 4 is 46.4 Å². The second-order valence-electron chi connectivity index (χ2n) is 12.9. The number of nitrogens with two attached hydrogens (primary N) is 1. The Balaban J connectivity index is 1.36. The molecule has 1 unspecified atom stereocenters. The molecule has 3 saturated carbocycles. The van der Waals surface area contributed by atoms with Gasteiger partial charge in [-0.15, -0.1) is 0 Å². The van der Waals surface area contributed by atoms with Crippen LogP contribution in [0.4, 0.5) is 4.79 Å². The number of fused-ring (bicyclic) bond motifs is 1. The maximum Gasteiger partial charge on any atom is 0.287 e. The van der Waals surface area contributed by atoms with Gasteiger partial charge in [0.05, 0.1) is 6.04 Å². The molecule has 0 spiro atoms. The van der Waals surface area contributed by atoms with Crippen LogP contribution in [0.5, 0.6) is 0 Å². The standard InChI is InChI=1S/C28H41N5O6S/c1-28(2)16-12-33(21(19(16)28)25(37)30-17(22(34)23(29)35)11-14-7-6-8-14)26(38)20(15-9-4-3-5-10-15)32-24(36)18-13-40-27(39)31-18/h14-21H,3-13H2,1-2H3,(H2,29,35)(H,30,37)(H,31,39)(H,32,36)/t16-,17?,18-,19-,20-,21-/m0/s1. The maximum atomic E-state index is 14.2. The third-order valence-corrected chi connectivity index (χ3v) is 11.0. The van der Waals surface area contributed by atoms with Crippen LogP contribution in [-0.2, 0) is 24.0 Å². The second kappa shape index (κ2) is 11.3. The number of carbonyl (C=O) groups excluding carboxylic acids is 6. The number of nitrogens with one attached hydrogen (secondary N) is 3. The summed E-state index contributed by atoms with van der Waals surface area (Å²) in [6, 6.07) is -3.31. The van der Waals surface area contributed by atoms with Crippen LogP contribution in [0.2, 0.25) is 0 Å². The van der Waals surface area contributed by atoms with Crippen LogP contribution in [0, 0.1) is 29.1 Å². The van der Waals surface area contributed by atoms with Crippen LogP contribution < -0.4 is 21.7 Å². The molecular formula is C28H41N5O6S.